The number of ether oxygens (including phenoxy) is 1. The van der Waals surface area contributed by atoms with Crippen LogP contribution >= 0.6 is 22.9 Å². The Morgan fingerprint density at radius 2 is 1.90 bits per heavy atom. The van der Waals surface area contributed by atoms with E-state index >= 15 is 0 Å². The maximum atomic E-state index is 5.75. The number of alkyl halides is 1. The van der Waals surface area contributed by atoms with Crippen molar-refractivity contribution in [3.63, 3.8) is 0 Å². The molecule has 2 rings (SSSR count). The van der Waals surface area contributed by atoms with Crippen molar-refractivity contribution >= 4 is 22.9 Å². The van der Waals surface area contributed by atoms with Gasteiger partial charge in [-0.2, -0.15) is 0 Å². The van der Waals surface area contributed by atoms with E-state index in [-0.39, 0.29) is 5.41 Å². The van der Waals surface area contributed by atoms with Crippen LogP contribution in [0.2, 0.25) is 0 Å². The molecule has 0 radical (unpaired) electrons. The number of halogens is 1. The van der Waals surface area contributed by atoms with Crippen molar-refractivity contribution in [1.29, 1.82) is 0 Å². The zero-order valence-corrected chi connectivity index (χ0v) is 13.7. The molecule has 0 saturated heterocycles. The SMILES string of the molecule is CC(C)(C)c1ccc(OCCc2nc(CCl)cs2)cc1. The monoisotopic (exact) mass is 309 g/mol. The lowest BCUT2D eigenvalue weighted by molar-refractivity contribution is 0.321. The highest BCUT2D eigenvalue weighted by atomic mass is 35.5. The predicted molar refractivity (Wildman–Crippen MR) is 86.0 cm³/mol. The second kappa shape index (κ2) is 6.59. The average molecular weight is 310 g/mol. The predicted octanol–water partition coefficient (Wildman–Crippen LogP) is 4.80. The molecule has 0 aliphatic carbocycles. The lowest BCUT2D eigenvalue weighted by Gasteiger charge is -2.19. The Morgan fingerprint density at radius 3 is 2.45 bits per heavy atom. The average Bonchev–Trinajstić information content (AvgIpc) is 2.86. The van der Waals surface area contributed by atoms with Crippen molar-refractivity contribution in [3.8, 4) is 5.75 Å². The molecule has 0 bridgehead atoms. The Hall–Kier alpha value is -1.06. The molecule has 0 unspecified atom stereocenters. The summed E-state index contributed by atoms with van der Waals surface area (Å²) >= 11 is 7.37. The largest absolute Gasteiger partial charge is 0.493 e. The van der Waals surface area contributed by atoms with Crippen LogP contribution in [0.3, 0.4) is 0 Å². The first-order valence-electron chi connectivity index (χ1n) is 6.71. The lowest BCUT2D eigenvalue weighted by Crippen LogP contribution is -2.10. The van der Waals surface area contributed by atoms with Crippen LogP contribution in [-0.2, 0) is 17.7 Å². The van der Waals surface area contributed by atoms with Gasteiger partial charge in [-0.25, -0.2) is 4.98 Å². The zero-order chi connectivity index (χ0) is 14.6. The van der Waals surface area contributed by atoms with Crippen LogP contribution in [0.4, 0.5) is 0 Å². The summed E-state index contributed by atoms with van der Waals surface area (Å²) < 4.78 is 5.75. The molecule has 0 N–H and O–H groups in total. The van der Waals surface area contributed by atoms with Gasteiger partial charge in [0.15, 0.2) is 0 Å². The molecule has 0 aliphatic rings. The van der Waals surface area contributed by atoms with E-state index in [9.17, 15) is 0 Å². The molecule has 0 saturated carbocycles. The van der Waals surface area contributed by atoms with Crippen molar-refractivity contribution in [2.24, 2.45) is 0 Å². The van der Waals surface area contributed by atoms with E-state index in [1.807, 2.05) is 17.5 Å². The van der Waals surface area contributed by atoms with Gasteiger partial charge in [0.2, 0.25) is 0 Å². The summed E-state index contributed by atoms with van der Waals surface area (Å²) in [7, 11) is 0. The second-order valence-corrected chi connectivity index (χ2v) is 6.95. The topological polar surface area (TPSA) is 22.1 Å². The van der Waals surface area contributed by atoms with Crippen LogP contribution in [0, 0.1) is 0 Å². The summed E-state index contributed by atoms with van der Waals surface area (Å²) in [5, 5.41) is 3.08. The first kappa shape index (κ1) is 15.3. The Kier molecular flexibility index (Phi) is 5.06. The summed E-state index contributed by atoms with van der Waals surface area (Å²) in [5.41, 5.74) is 2.44. The molecule has 0 spiro atoms. The molecule has 1 heterocycles. The van der Waals surface area contributed by atoms with Crippen LogP contribution in [-0.4, -0.2) is 11.6 Å². The third-order valence-corrected chi connectivity index (χ3v) is 4.27. The fraction of sp³-hybridized carbons (Fsp3) is 0.438. The number of hydrogen-bond acceptors (Lipinski definition) is 3. The minimum Gasteiger partial charge on any atom is -0.493 e. The highest BCUT2D eigenvalue weighted by Crippen LogP contribution is 2.24. The molecule has 1 aromatic carbocycles. The van der Waals surface area contributed by atoms with Gasteiger partial charge in [0.1, 0.15) is 5.75 Å². The van der Waals surface area contributed by atoms with Crippen molar-refractivity contribution in [2.45, 2.75) is 38.5 Å². The molecule has 0 fully saturated rings. The maximum Gasteiger partial charge on any atom is 0.119 e. The molecular weight excluding hydrogens is 290 g/mol. The molecule has 108 valence electrons. The highest BCUT2D eigenvalue weighted by molar-refractivity contribution is 7.09. The first-order chi connectivity index (χ1) is 9.49. The molecule has 2 nitrogen and oxygen atoms in total. The van der Waals surface area contributed by atoms with E-state index in [0.29, 0.717) is 12.5 Å². The van der Waals surface area contributed by atoms with Gasteiger partial charge in [0, 0.05) is 11.8 Å². The summed E-state index contributed by atoms with van der Waals surface area (Å²) in [5.74, 6) is 1.39. The van der Waals surface area contributed by atoms with E-state index in [2.05, 4.69) is 37.9 Å². The van der Waals surface area contributed by atoms with Crippen molar-refractivity contribution in [3.05, 3.63) is 45.9 Å². The van der Waals surface area contributed by atoms with E-state index in [4.69, 9.17) is 16.3 Å². The van der Waals surface area contributed by atoms with E-state index in [0.717, 1.165) is 22.9 Å². The standard InChI is InChI=1S/C16H20ClNOS/c1-16(2,3)12-4-6-14(7-5-12)19-9-8-15-18-13(10-17)11-20-15/h4-7,11H,8-10H2,1-3H3. The van der Waals surface area contributed by atoms with Gasteiger partial charge in [-0.05, 0) is 23.1 Å². The lowest BCUT2D eigenvalue weighted by atomic mass is 9.87. The number of benzene rings is 1. The van der Waals surface area contributed by atoms with E-state index < -0.39 is 0 Å². The molecular formula is C16H20ClNOS. The molecule has 1 aromatic heterocycles. The number of thiazole rings is 1. The number of rotatable bonds is 5. The minimum absolute atomic E-state index is 0.178. The fourth-order valence-electron chi connectivity index (χ4n) is 1.83. The van der Waals surface area contributed by atoms with Gasteiger partial charge in [0.25, 0.3) is 0 Å². The summed E-state index contributed by atoms with van der Waals surface area (Å²) in [6, 6.07) is 8.33. The van der Waals surface area contributed by atoms with Crippen LogP contribution < -0.4 is 4.74 Å². The van der Waals surface area contributed by atoms with Gasteiger partial charge in [0.05, 0.1) is 23.2 Å². The van der Waals surface area contributed by atoms with Crippen molar-refractivity contribution in [2.75, 3.05) is 6.61 Å². The first-order valence-corrected chi connectivity index (χ1v) is 8.13. The number of aromatic nitrogens is 1. The Balaban J connectivity index is 1.85. The Morgan fingerprint density at radius 1 is 1.20 bits per heavy atom. The van der Waals surface area contributed by atoms with E-state index in [1.165, 1.54) is 5.56 Å². The van der Waals surface area contributed by atoms with Crippen molar-refractivity contribution < 1.29 is 4.74 Å². The van der Waals surface area contributed by atoms with Crippen LogP contribution in [0.15, 0.2) is 29.6 Å². The van der Waals surface area contributed by atoms with Crippen molar-refractivity contribution in [1.82, 2.24) is 4.98 Å². The highest BCUT2D eigenvalue weighted by Gasteiger charge is 2.12. The molecule has 2 aromatic rings. The summed E-state index contributed by atoms with van der Waals surface area (Å²) in [4.78, 5) is 4.41. The third-order valence-electron chi connectivity index (χ3n) is 3.04. The smallest absolute Gasteiger partial charge is 0.119 e. The number of hydrogen-bond donors (Lipinski definition) is 0. The van der Waals surface area contributed by atoms with Crippen LogP contribution in [0.25, 0.3) is 0 Å². The zero-order valence-electron chi connectivity index (χ0n) is 12.1. The van der Waals surface area contributed by atoms with E-state index in [1.54, 1.807) is 11.3 Å². The second-order valence-electron chi connectivity index (χ2n) is 5.74. The molecule has 20 heavy (non-hydrogen) atoms. The van der Waals surface area contributed by atoms with Crippen LogP contribution in [0.1, 0.15) is 37.0 Å². The van der Waals surface area contributed by atoms with Gasteiger partial charge in [-0.15, -0.1) is 22.9 Å². The van der Waals surface area contributed by atoms with Gasteiger partial charge in [-0.3, -0.25) is 0 Å². The van der Waals surface area contributed by atoms with Gasteiger partial charge >= 0.3 is 0 Å². The van der Waals surface area contributed by atoms with Gasteiger partial charge < -0.3 is 4.74 Å². The summed E-state index contributed by atoms with van der Waals surface area (Å²) in [6.07, 6.45) is 0.822. The number of nitrogens with zero attached hydrogens (tertiary/aromatic N) is 1. The summed E-state index contributed by atoms with van der Waals surface area (Å²) in [6.45, 7) is 7.27. The quantitative estimate of drug-likeness (QED) is 0.740. The normalized spacial score (nSPS) is 11.6. The minimum atomic E-state index is 0.178. The molecule has 0 amide bonds. The Bertz CT molecular complexity index is 542. The molecule has 0 atom stereocenters. The van der Waals surface area contributed by atoms with Gasteiger partial charge in [-0.1, -0.05) is 32.9 Å². The molecule has 0 aliphatic heterocycles. The van der Waals surface area contributed by atoms with Crippen LogP contribution in [0.5, 0.6) is 5.75 Å². The Labute approximate surface area is 129 Å². The molecule has 4 heteroatoms. The fourth-order valence-corrected chi connectivity index (χ4v) is 2.84. The third kappa shape index (κ3) is 4.22. The maximum absolute atomic E-state index is 5.75.